The van der Waals surface area contributed by atoms with Crippen LogP contribution in [0.2, 0.25) is 0 Å². The van der Waals surface area contributed by atoms with Crippen molar-refractivity contribution in [2.45, 2.75) is 20.5 Å². The number of carbonyl (C=O) groups is 1. The molecule has 0 spiro atoms. The molecule has 0 radical (unpaired) electrons. The highest BCUT2D eigenvalue weighted by Gasteiger charge is 2.12. The van der Waals surface area contributed by atoms with Crippen molar-refractivity contribution in [3.05, 3.63) is 101 Å². The zero-order valence-corrected chi connectivity index (χ0v) is 16.5. The summed E-state index contributed by atoms with van der Waals surface area (Å²) in [6, 6.07) is 25.0. The van der Waals surface area contributed by atoms with Crippen molar-refractivity contribution in [1.82, 2.24) is 0 Å². The minimum absolute atomic E-state index is 0.0351. The Kier molecular flexibility index (Phi) is 6.44. The van der Waals surface area contributed by atoms with Crippen molar-refractivity contribution < 1.29 is 9.53 Å². The zero-order chi connectivity index (χ0) is 20.6. The lowest BCUT2D eigenvalue weighted by molar-refractivity contribution is -0.112. The Hall–Kier alpha value is -3.84. The average molecular weight is 382 g/mol. The van der Waals surface area contributed by atoms with Crippen LogP contribution in [-0.2, 0) is 11.4 Å². The minimum atomic E-state index is -0.430. The van der Waals surface area contributed by atoms with Crippen molar-refractivity contribution in [3.8, 4) is 11.8 Å². The Morgan fingerprint density at radius 3 is 2.38 bits per heavy atom. The van der Waals surface area contributed by atoms with Crippen molar-refractivity contribution >= 4 is 17.7 Å². The Labute approximate surface area is 171 Å². The monoisotopic (exact) mass is 382 g/mol. The van der Waals surface area contributed by atoms with Crippen LogP contribution >= 0.6 is 0 Å². The van der Waals surface area contributed by atoms with Crippen LogP contribution in [0.5, 0.6) is 5.75 Å². The summed E-state index contributed by atoms with van der Waals surface area (Å²) in [7, 11) is 0. The summed E-state index contributed by atoms with van der Waals surface area (Å²) < 4.78 is 5.82. The summed E-state index contributed by atoms with van der Waals surface area (Å²) in [6.07, 6.45) is 1.57. The van der Waals surface area contributed by atoms with Crippen molar-refractivity contribution in [2.24, 2.45) is 0 Å². The maximum Gasteiger partial charge on any atom is 0.266 e. The first-order valence-electron chi connectivity index (χ1n) is 9.33. The molecule has 0 aliphatic carbocycles. The topological polar surface area (TPSA) is 62.1 Å². The number of aryl methyl sites for hydroxylation is 2. The summed E-state index contributed by atoms with van der Waals surface area (Å²) in [6.45, 7) is 4.30. The minimum Gasteiger partial charge on any atom is -0.489 e. The summed E-state index contributed by atoms with van der Waals surface area (Å²) in [5.74, 6) is 0.246. The van der Waals surface area contributed by atoms with E-state index < -0.39 is 5.91 Å². The van der Waals surface area contributed by atoms with E-state index in [1.165, 1.54) is 0 Å². The van der Waals surface area contributed by atoms with E-state index in [4.69, 9.17) is 4.74 Å². The number of nitriles is 1. The van der Waals surface area contributed by atoms with Crippen LogP contribution in [0.25, 0.3) is 6.08 Å². The van der Waals surface area contributed by atoms with Crippen molar-refractivity contribution in [1.29, 1.82) is 5.26 Å². The first kappa shape index (κ1) is 19.9. The number of nitrogens with one attached hydrogen (secondary N) is 1. The van der Waals surface area contributed by atoms with Gasteiger partial charge in [0.25, 0.3) is 5.91 Å². The van der Waals surface area contributed by atoms with Gasteiger partial charge >= 0.3 is 0 Å². The smallest absolute Gasteiger partial charge is 0.266 e. The molecule has 4 nitrogen and oxygen atoms in total. The molecule has 3 rings (SSSR count). The number of hydrogen-bond acceptors (Lipinski definition) is 3. The highest BCUT2D eigenvalue weighted by atomic mass is 16.5. The molecule has 0 aliphatic rings. The second-order valence-corrected chi connectivity index (χ2v) is 6.74. The second-order valence-electron chi connectivity index (χ2n) is 6.74. The predicted molar refractivity (Wildman–Crippen MR) is 115 cm³/mol. The fraction of sp³-hybridized carbons (Fsp3) is 0.120. The van der Waals surface area contributed by atoms with Crippen molar-refractivity contribution in [3.63, 3.8) is 0 Å². The SMILES string of the molecule is Cc1cccc(C)c1NC(=O)/C(C#N)=C/c1cccc(OCc2ccccc2)c1. The second kappa shape index (κ2) is 9.38. The van der Waals surface area contributed by atoms with Crippen LogP contribution in [0, 0.1) is 25.2 Å². The number of benzene rings is 3. The van der Waals surface area contributed by atoms with Gasteiger partial charge < -0.3 is 10.1 Å². The van der Waals surface area contributed by atoms with Gasteiger partial charge in [-0.05, 0) is 54.3 Å². The Morgan fingerprint density at radius 2 is 1.69 bits per heavy atom. The largest absolute Gasteiger partial charge is 0.489 e. The number of carbonyl (C=O) groups excluding carboxylic acids is 1. The van der Waals surface area contributed by atoms with Crippen LogP contribution < -0.4 is 10.1 Å². The zero-order valence-electron chi connectivity index (χ0n) is 16.5. The molecule has 144 valence electrons. The van der Waals surface area contributed by atoms with E-state index in [1.54, 1.807) is 6.08 Å². The first-order valence-corrected chi connectivity index (χ1v) is 9.33. The Morgan fingerprint density at radius 1 is 1.00 bits per heavy atom. The standard InChI is InChI=1S/C25H22N2O2/c1-18-8-6-9-19(2)24(18)27-25(28)22(16-26)14-21-12-7-13-23(15-21)29-17-20-10-4-3-5-11-20/h3-15H,17H2,1-2H3,(H,27,28)/b22-14+. The lowest BCUT2D eigenvalue weighted by Gasteiger charge is -2.11. The lowest BCUT2D eigenvalue weighted by Crippen LogP contribution is -2.15. The van der Waals surface area contributed by atoms with Crippen molar-refractivity contribution in [2.75, 3.05) is 5.32 Å². The molecule has 0 fully saturated rings. The molecule has 0 atom stereocenters. The molecule has 0 saturated carbocycles. The fourth-order valence-corrected chi connectivity index (χ4v) is 2.94. The average Bonchev–Trinajstić information content (AvgIpc) is 2.74. The maximum atomic E-state index is 12.6. The highest BCUT2D eigenvalue weighted by molar-refractivity contribution is 6.10. The summed E-state index contributed by atoms with van der Waals surface area (Å²) in [4.78, 5) is 12.6. The molecular weight excluding hydrogens is 360 g/mol. The third-order valence-corrected chi connectivity index (χ3v) is 4.50. The molecule has 3 aromatic rings. The molecule has 0 aromatic heterocycles. The van der Waals surface area contributed by atoms with Gasteiger partial charge in [-0.15, -0.1) is 0 Å². The summed E-state index contributed by atoms with van der Waals surface area (Å²) >= 11 is 0. The van der Waals surface area contributed by atoms with Crippen LogP contribution in [-0.4, -0.2) is 5.91 Å². The van der Waals surface area contributed by atoms with E-state index in [0.717, 1.165) is 27.9 Å². The van der Waals surface area contributed by atoms with E-state index in [1.807, 2.05) is 92.7 Å². The van der Waals surface area contributed by atoms with Gasteiger partial charge in [-0.1, -0.05) is 60.7 Å². The molecule has 0 heterocycles. The number of para-hydroxylation sites is 1. The molecular formula is C25H22N2O2. The normalized spacial score (nSPS) is 10.9. The number of hydrogen-bond donors (Lipinski definition) is 1. The summed E-state index contributed by atoms with van der Waals surface area (Å²) in [5.41, 5.74) is 4.47. The summed E-state index contributed by atoms with van der Waals surface area (Å²) in [5, 5.41) is 12.3. The number of nitrogens with zero attached hydrogens (tertiary/aromatic N) is 1. The number of anilines is 1. The van der Waals surface area contributed by atoms with E-state index >= 15 is 0 Å². The molecule has 0 saturated heterocycles. The molecule has 0 unspecified atom stereocenters. The number of amides is 1. The molecule has 4 heteroatoms. The van der Waals surface area contributed by atoms with Crippen LogP contribution in [0.4, 0.5) is 5.69 Å². The Balaban J connectivity index is 1.75. The molecule has 29 heavy (non-hydrogen) atoms. The Bertz CT molecular complexity index is 1060. The van der Waals surface area contributed by atoms with E-state index in [2.05, 4.69) is 5.32 Å². The van der Waals surface area contributed by atoms with Crippen LogP contribution in [0.3, 0.4) is 0 Å². The quantitative estimate of drug-likeness (QED) is 0.457. The van der Waals surface area contributed by atoms with Gasteiger partial charge in [-0.25, -0.2) is 0 Å². The van der Waals surface area contributed by atoms with Gasteiger partial charge in [0.1, 0.15) is 24.0 Å². The third-order valence-electron chi connectivity index (χ3n) is 4.50. The lowest BCUT2D eigenvalue weighted by atomic mass is 10.1. The third kappa shape index (κ3) is 5.33. The maximum absolute atomic E-state index is 12.6. The van der Waals surface area contributed by atoms with Gasteiger partial charge in [0, 0.05) is 5.69 Å². The predicted octanol–water partition coefficient (Wildman–Crippen LogP) is 5.43. The molecule has 1 amide bonds. The molecule has 0 aliphatic heterocycles. The van der Waals surface area contributed by atoms with E-state index in [-0.39, 0.29) is 5.57 Å². The molecule has 3 aromatic carbocycles. The van der Waals surface area contributed by atoms with E-state index in [9.17, 15) is 10.1 Å². The van der Waals surface area contributed by atoms with Gasteiger partial charge in [0.2, 0.25) is 0 Å². The highest BCUT2D eigenvalue weighted by Crippen LogP contribution is 2.21. The van der Waals surface area contributed by atoms with Gasteiger partial charge in [0.05, 0.1) is 0 Å². The van der Waals surface area contributed by atoms with Gasteiger partial charge in [-0.2, -0.15) is 5.26 Å². The first-order chi connectivity index (χ1) is 14.1. The van der Waals surface area contributed by atoms with Crippen LogP contribution in [0.15, 0.2) is 78.4 Å². The van der Waals surface area contributed by atoms with Gasteiger partial charge in [0.15, 0.2) is 0 Å². The number of ether oxygens (including phenoxy) is 1. The van der Waals surface area contributed by atoms with Crippen LogP contribution in [0.1, 0.15) is 22.3 Å². The van der Waals surface area contributed by atoms with E-state index in [0.29, 0.717) is 12.4 Å². The fourth-order valence-electron chi connectivity index (χ4n) is 2.94. The molecule has 0 bridgehead atoms. The van der Waals surface area contributed by atoms with Gasteiger partial charge in [-0.3, -0.25) is 4.79 Å². The molecule has 1 N–H and O–H groups in total. The number of rotatable bonds is 6.